The molecule has 2 fully saturated rings. The van der Waals surface area contributed by atoms with E-state index in [1.165, 1.54) is 12.0 Å². The zero-order chi connectivity index (χ0) is 23.4. The first-order chi connectivity index (χ1) is 16.0. The summed E-state index contributed by atoms with van der Waals surface area (Å²) in [5, 5.41) is 11.1. The molecule has 0 aromatic heterocycles. The molecule has 2 aromatic rings. The van der Waals surface area contributed by atoms with Crippen molar-refractivity contribution in [2.75, 3.05) is 53.6 Å². The molecule has 0 bridgehead atoms. The van der Waals surface area contributed by atoms with E-state index in [9.17, 15) is 14.7 Å². The lowest BCUT2D eigenvalue weighted by Crippen LogP contribution is -2.42. The smallest absolute Gasteiger partial charge is 0.295 e. The van der Waals surface area contributed by atoms with E-state index in [0.29, 0.717) is 48.9 Å². The van der Waals surface area contributed by atoms with Gasteiger partial charge in [-0.05, 0) is 17.7 Å². The van der Waals surface area contributed by atoms with Crippen molar-refractivity contribution in [3.63, 3.8) is 0 Å². The number of ketones is 1. The van der Waals surface area contributed by atoms with Gasteiger partial charge in [0, 0.05) is 31.7 Å². The SMILES string of the molecule is COc1ccc(C2/C(=C(/O)c3ccccc3)C(=O)C(=O)N2CCN2CCOCC2)cc1OC. The van der Waals surface area contributed by atoms with Crippen molar-refractivity contribution in [3.05, 3.63) is 65.2 Å². The summed E-state index contributed by atoms with van der Waals surface area (Å²) in [4.78, 5) is 30.0. The van der Waals surface area contributed by atoms with E-state index >= 15 is 0 Å². The van der Waals surface area contributed by atoms with Crippen LogP contribution in [0, 0.1) is 0 Å². The number of aliphatic hydroxyl groups is 1. The van der Waals surface area contributed by atoms with E-state index in [0.717, 1.165) is 13.1 Å². The Kier molecular flexibility index (Phi) is 6.96. The van der Waals surface area contributed by atoms with Crippen LogP contribution in [0.2, 0.25) is 0 Å². The Morgan fingerprint density at radius 2 is 1.70 bits per heavy atom. The molecule has 1 unspecified atom stereocenters. The van der Waals surface area contributed by atoms with Crippen molar-refractivity contribution in [3.8, 4) is 11.5 Å². The van der Waals surface area contributed by atoms with Crippen molar-refractivity contribution >= 4 is 17.4 Å². The third kappa shape index (κ3) is 4.58. The van der Waals surface area contributed by atoms with Crippen LogP contribution < -0.4 is 9.47 Å². The summed E-state index contributed by atoms with van der Waals surface area (Å²) in [6.45, 7) is 3.78. The van der Waals surface area contributed by atoms with Crippen molar-refractivity contribution in [2.45, 2.75) is 6.04 Å². The molecule has 2 saturated heterocycles. The molecule has 1 atom stereocenters. The summed E-state index contributed by atoms with van der Waals surface area (Å²) >= 11 is 0. The highest BCUT2D eigenvalue weighted by Gasteiger charge is 2.46. The van der Waals surface area contributed by atoms with E-state index in [-0.39, 0.29) is 11.3 Å². The van der Waals surface area contributed by atoms with E-state index in [2.05, 4.69) is 4.90 Å². The molecule has 2 heterocycles. The average molecular weight is 453 g/mol. The van der Waals surface area contributed by atoms with Gasteiger partial charge in [0.15, 0.2) is 11.5 Å². The number of aliphatic hydroxyl groups excluding tert-OH is 1. The first kappa shape index (κ1) is 22.8. The van der Waals surface area contributed by atoms with Crippen LogP contribution in [0.1, 0.15) is 17.2 Å². The van der Waals surface area contributed by atoms with Crippen molar-refractivity contribution in [1.82, 2.24) is 9.80 Å². The van der Waals surface area contributed by atoms with Crippen LogP contribution >= 0.6 is 0 Å². The molecule has 1 amide bonds. The predicted octanol–water partition coefficient (Wildman–Crippen LogP) is 2.46. The summed E-state index contributed by atoms with van der Waals surface area (Å²) in [6.07, 6.45) is 0. The number of hydrogen-bond acceptors (Lipinski definition) is 7. The van der Waals surface area contributed by atoms with Gasteiger partial charge in [0.05, 0.1) is 39.0 Å². The second-order valence-electron chi connectivity index (χ2n) is 7.93. The van der Waals surface area contributed by atoms with Crippen LogP contribution in [0.4, 0.5) is 0 Å². The predicted molar refractivity (Wildman–Crippen MR) is 122 cm³/mol. The van der Waals surface area contributed by atoms with Crippen LogP contribution in [-0.4, -0.2) is 80.2 Å². The van der Waals surface area contributed by atoms with E-state index in [1.807, 2.05) is 6.07 Å². The fourth-order valence-corrected chi connectivity index (χ4v) is 4.31. The monoisotopic (exact) mass is 452 g/mol. The minimum absolute atomic E-state index is 0.0698. The third-order valence-electron chi connectivity index (χ3n) is 6.07. The third-order valence-corrected chi connectivity index (χ3v) is 6.07. The van der Waals surface area contributed by atoms with Gasteiger partial charge >= 0.3 is 0 Å². The number of benzene rings is 2. The molecule has 8 nitrogen and oxygen atoms in total. The number of morpholine rings is 1. The zero-order valence-electron chi connectivity index (χ0n) is 18.8. The van der Waals surface area contributed by atoms with Gasteiger partial charge in [-0.2, -0.15) is 0 Å². The molecule has 0 saturated carbocycles. The number of rotatable bonds is 7. The molecular formula is C25H28N2O6. The van der Waals surface area contributed by atoms with Crippen LogP contribution in [0.15, 0.2) is 54.1 Å². The Bertz CT molecular complexity index is 1050. The summed E-state index contributed by atoms with van der Waals surface area (Å²) in [5.74, 6) is -0.496. The van der Waals surface area contributed by atoms with Crippen LogP contribution in [0.3, 0.4) is 0 Å². The van der Waals surface area contributed by atoms with Crippen LogP contribution in [0.25, 0.3) is 5.76 Å². The standard InChI is InChI=1S/C25H28N2O6/c1-31-19-9-8-18(16-20(19)32-2)22-21(23(28)17-6-4-3-5-7-17)24(29)25(30)27(22)11-10-26-12-14-33-15-13-26/h3-9,16,22,28H,10-15H2,1-2H3/b23-21-. The highest BCUT2D eigenvalue weighted by molar-refractivity contribution is 6.46. The van der Waals surface area contributed by atoms with Crippen molar-refractivity contribution < 1.29 is 28.9 Å². The number of nitrogens with zero attached hydrogens (tertiary/aromatic N) is 2. The topological polar surface area (TPSA) is 88.5 Å². The fraction of sp³-hybridized carbons (Fsp3) is 0.360. The fourth-order valence-electron chi connectivity index (χ4n) is 4.31. The Balaban J connectivity index is 1.77. The van der Waals surface area contributed by atoms with E-state index in [1.54, 1.807) is 49.6 Å². The normalized spacial score (nSPS) is 20.8. The zero-order valence-corrected chi connectivity index (χ0v) is 18.8. The molecule has 33 heavy (non-hydrogen) atoms. The summed E-state index contributed by atoms with van der Waals surface area (Å²) in [6, 6.07) is 13.3. The summed E-state index contributed by atoms with van der Waals surface area (Å²) in [5.41, 5.74) is 1.21. The van der Waals surface area contributed by atoms with Gasteiger partial charge in [-0.25, -0.2) is 0 Å². The molecule has 2 aliphatic heterocycles. The van der Waals surface area contributed by atoms with Crippen LogP contribution in [-0.2, 0) is 14.3 Å². The van der Waals surface area contributed by atoms with Gasteiger partial charge in [-0.15, -0.1) is 0 Å². The number of likely N-dealkylation sites (tertiary alicyclic amines) is 1. The minimum atomic E-state index is -0.744. The highest BCUT2D eigenvalue weighted by atomic mass is 16.5. The number of ether oxygens (including phenoxy) is 3. The molecule has 0 radical (unpaired) electrons. The molecule has 0 aliphatic carbocycles. The molecule has 174 valence electrons. The average Bonchev–Trinajstić information content (AvgIpc) is 3.12. The number of Topliss-reactive ketones (excluding diaryl/α,β-unsaturated/α-hetero) is 1. The quantitative estimate of drug-likeness (QED) is 0.392. The van der Waals surface area contributed by atoms with Gasteiger partial charge < -0.3 is 24.2 Å². The van der Waals surface area contributed by atoms with Gasteiger partial charge in [-0.1, -0.05) is 36.4 Å². The summed E-state index contributed by atoms with van der Waals surface area (Å²) < 4.78 is 16.2. The molecule has 2 aliphatic rings. The maximum atomic E-state index is 13.1. The van der Waals surface area contributed by atoms with Gasteiger partial charge in [-0.3, -0.25) is 14.5 Å². The van der Waals surface area contributed by atoms with Crippen LogP contribution in [0.5, 0.6) is 11.5 Å². The minimum Gasteiger partial charge on any atom is -0.507 e. The van der Waals surface area contributed by atoms with Gasteiger partial charge in [0.25, 0.3) is 11.7 Å². The molecular weight excluding hydrogens is 424 g/mol. The Labute approximate surface area is 193 Å². The lowest BCUT2D eigenvalue weighted by atomic mass is 9.95. The number of hydrogen-bond donors (Lipinski definition) is 1. The largest absolute Gasteiger partial charge is 0.507 e. The Morgan fingerprint density at radius 3 is 2.36 bits per heavy atom. The maximum Gasteiger partial charge on any atom is 0.295 e. The molecule has 4 rings (SSSR count). The molecule has 8 heteroatoms. The highest BCUT2D eigenvalue weighted by Crippen LogP contribution is 2.41. The second kappa shape index (κ2) is 10.1. The number of carbonyl (C=O) groups is 2. The van der Waals surface area contributed by atoms with Crippen molar-refractivity contribution in [2.24, 2.45) is 0 Å². The maximum absolute atomic E-state index is 13.1. The first-order valence-electron chi connectivity index (χ1n) is 10.9. The van der Waals surface area contributed by atoms with Crippen molar-refractivity contribution in [1.29, 1.82) is 0 Å². The lowest BCUT2D eigenvalue weighted by molar-refractivity contribution is -0.140. The Morgan fingerprint density at radius 1 is 1.00 bits per heavy atom. The first-order valence-corrected chi connectivity index (χ1v) is 10.9. The molecule has 0 spiro atoms. The number of amides is 1. The van der Waals surface area contributed by atoms with Gasteiger partial charge in [0.2, 0.25) is 0 Å². The van der Waals surface area contributed by atoms with E-state index in [4.69, 9.17) is 14.2 Å². The van der Waals surface area contributed by atoms with E-state index < -0.39 is 17.7 Å². The second-order valence-corrected chi connectivity index (χ2v) is 7.93. The lowest BCUT2D eigenvalue weighted by Gasteiger charge is -2.31. The molecule has 1 N–H and O–H groups in total. The number of methoxy groups -OCH3 is 2. The van der Waals surface area contributed by atoms with Gasteiger partial charge in [0.1, 0.15) is 5.76 Å². The molecule has 2 aromatic carbocycles. The number of carbonyl (C=O) groups excluding carboxylic acids is 2. The Hall–Kier alpha value is -3.36. The summed E-state index contributed by atoms with van der Waals surface area (Å²) in [7, 11) is 3.07.